The molecule has 0 aliphatic carbocycles. The van der Waals surface area contributed by atoms with E-state index in [1.165, 1.54) is 16.7 Å². The lowest BCUT2D eigenvalue weighted by Crippen LogP contribution is -2.37. The fourth-order valence-electron chi connectivity index (χ4n) is 2.06. The summed E-state index contributed by atoms with van der Waals surface area (Å²) in [5.41, 5.74) is 9.19. The molecule has 0 bridgehead atoms. The van der Waals surface area contributed by atoms with E-state index in [0.717, 1.165) is 0 Å². The van der Waals surface area contributed by atoms with Gasteiger partial charge in [0.05, 0.1) is 6.04 Å². The molecule has 2 atom stereocenters. The molecule has 18 heavy (non-hydrogen) atoms. The summed E-state index contributed by atoms with van der Waals surface area (Å²) in [6.07, 6.45) is 0. The van der Waals surface area contributed by atoms with Crippen LogP contribution in [-0.4, -0.2) is 24.4 Å². The van der Waals surface area contributed by atoms with E-state index in [4.69, 9.17) is 5.73 Å². The zero-order valence-corrected chi connectivity index (χ0v) is 12.0. The van der Waals surface area contributed by atoms with E-state index in [1.54, 1.807) is 4.90 Å². The van der Waals surface area contributed by atoms with Gasteiger partial charge in [-0.15, -0.1) is 0 Å². The Balaban J connectivity index is 2.96. The van der Waals surface area contributed by atoms with Gasteiger partial charge in [-0.05, 0) is 31.9 Å². The van der Waals surface area contributed by atoms with Crippen molar-refractivity contribution >= 4 is 5.91 Å². The van der Waals surface area contributed by atoms with E-state index in [9.17, 15) is 4.79 Å². The van der Waals surface area contributed by atoms with Crippen molar-refractivity contribution in [1.82, 2.24) is 4.90 Å². The number of hydrogen-bond donors (Lipinski definition) is 1. The Labute approximate surface area is 110 Å². The molecule has 2 unspecified atom stereocenters. The van der Waals surface area contributed by atoms with Gasteiger partial charge in [0.25, 0.3) is 0 Å². The zero-order valence-electron chi connectivity index (χ0n) is 12.0. The third-order valence-corrected chi connectivity index (χ3v) is 3.59. The van der Waals surface area contributed by atoms with E-state index in [0.29, 0.717) is 6.54 Å². The molecule has 0 radical (unpaired) electrons. The molecule has 1 aromatic rings. The molecule has 2 N–H and O–H groups in total. The SMILES string of the molecule is Cc1ccc(C)c(C(C)N(C)C(=O)C(C)CN)c1. The topological polar surface area (TPSA) is 46.3 Å². The lowest BCUT2D eigenvalue weighted by molar-refractivity contribution is -0.135. The van der Waals surface area contributed by atoms with Gasteiger partial charge in [0.15, 0.2) is 0 Å². The molecule has 0 heterocycles. The second-order valence-corrected chi connectivity index (χ2v) is 5.12. The summed E-state index contributed by atoms with van der Waals surface area (Å²) >= 11 is 0. The predicted octanol–water partition coefficient (Wildman–Crippen LogP) is 2.42. The second-order valence-electron chi connectivity index (χ2n) is 5.12. The highest BCUT2D eigenvalue weighted by Crippen LogP contribution is 2.24. The highest BCUT2D eigenvalue weighted by atomic mass is 16.2. The summed E-state index contributed by atoms with van der Waals surface area (Å²) < 4.78 is 0. The van der Waals surface area contributed by atoms with Crippen LogP contribution < -0.4 is 5.73 Å². The standard InChI is InChI=1S/C15H24N2O/c1-10-6-7-11(2)14(8-10)13(4)17(5)15(18)12(3)9-16/h6-8,12-13H,9,16H2,1-5H3. The lowest BCUT2D eigenvalue weighted by Gasteiger charge is -2.29. The molecular formula is C15H24N2O. The van der Waals surface area contributed by atoms with Crippen molar-refractivity contribution in [3.63, 3.8) is 0 Å². The van der Waals surface area contributed by atoms with Gasteiger partial charge >= 0.3 is 0 Å². The smallest absolute Gasteiger partial charge is 0.226 e. The van der Waals surface area contributed by atoms with Crippen molar-refractivity contribution in [2.24, 2.45) is 11.7 Å². The number of nitrogens with zero attached hydrogens (tertiary/aromatic N) is 1. The summed E-state index contributed by atoms with van der Waals surface area (Å²) in [6, 6.07) is 6.42. The van der Waals surface area contributed by atoms with Crippen molar-refractivity contribution in [1.29, 1.82) is 0 Å². The fraction of sp³-hybridized carbons (Fsp3) is 0.533. The summed E-state index contributed by atoms with van der Waals surface area (Å²) in [4.78, 5) is 13.9. The first-order valence-electron chi connectivity index (χ1n) is 6.42. The molecule has 0 aliphatic rings. The molecule has 0 aromatic heterocycles. The molecule has 1 amide bonds. The van der Waals surface area contributed by atoms with Crippen LogP contribution in [0, 0.1) is 19.8 Å². The van der Waals surface area contributed by atoms with Crippen LogP contribution in [0.15, 0.2) is 18.2 Å². The Hall–Kier alpha value is -1.35. The van der Waals surface area contributed by atoms with E-state index in [-0.39, 0.29) is 17.9 Å². The number of aryl methyl sites for hydroxylation is 2. The molecule has 0 aliphatic heterocycles. The maximum atomic E-state index is 12.1. The van der Waals surface area contributed by atoms with E-state index in [2.05, 4.69) is 39.0 Å². The van der Waals surface area contributed by atoms with E-state index >= 15 is 0 Å². The maximum Gasteiger partial charge on any atom is 0.226 e. The van der Waals surface area contributed by atoms with Crippen LogP contribution in [0.3, 0.4) is 0 Å². The molecular weight excluding hydrogens is 224 g/mol. The predicted molar refractivity (Wildman–Crippen MR) is 75.3 cm³/mol. The summed E-state index contributed by atoms with van der Waals surface area (Å²) in [6.45, 7) is 8.47. The van der Waals surface area contributed by atoms with Gasteiger partial charge in [-0.1, -0.05) is 30.7 Å². The third kappa shape index (κ3) is 3.10. The van der Waals surface area contributed by atoms with Crippen LogP contribution in [0.25, 0.3) is 0 Å². The van der Waals surface area contributed by atoms with Crippen LogP contribution in [-0.2, 0) is 4.79 Å². The van der Waals surface area contributed by atoms with Gasteiger partial charge in [0, 0.05) is 19.5 Å². The average Bonchev–Trinajstić information content (AvgIpc) is 2.38. The quantitative estimate of drug-likeness (QED) is 0.889. The molecule has 3 heteroatoms. The molecule has 0 saturated carbocycles. The van der Waals surface area contributed by atoms with Crippen LogP contribution >= 0.6 is 0 Å². The van der Waals surface area contributed by atoms with Gasteiger partial charge in [0.2, 0.25) is 5.91 Å². The summed E-state index contributed by atoms with van der Waals surface area (Å²) in [5.74, 6) is -0.0199. The number of nitrogens with two attached hydrogens (primary N) is 1. The number of benzene rings is 1. The molecule has 0 spiro atoms. The Bertz CT molecular complexity index is 429. The number of carbonyl (C=O) groups excluding carboxylic acids is 1. The van der Waals surface area contributed by atoms with E-state index < -0.39 is 0 Å². The first-order valence-corrected chi connectivity index (χ1v) is 6.42. The minimum atomic E-state index is -0.123. The molecule has 3 nitrogen and oxygen atoms in total. The number of amides is 1. The number of carbonyl (C=O) groups is 1. The monoisotopic (exact) mass is 248 g/mol. The normalized spacial score (nSPS) is 14.1. The largest absolute Gasteiger partial charge is 0.339 e. The van der Waals surface area contributed by atoms with Gasteiger partial charge < -0.3 is 10.6 Å². The lowest BCUT2D eigenvalue weighted by atomic mass is 9.98. The first-order chi connectivity index (χ1) is 8.38. The van der Waals surface area contributed by atoms with Crippen molar-refractivity contribution < 1.29 is 4.79 Å². The molecule has 1 aromatic carbocycles. The minimum absolute atomic E-state index is 0.0754. The number of rotatable bonds is 4. The van der Waals surface area contributed by atoms with Crippen LogP contribution in [0.5, 0.6) is 0 Å². The van der Waals surface area contributed by atoms with Gasteiger partial charge in [0.1, 0.15) is 0 Å². The maximum absolute atomic E-state index is 12.1. The Morgan fingerprint density at radius 2 is 1.94 bits per heavy atom. The van der Waals surface area contributed by atoms with Crippen LogP contribution in [0.2, 0.25) is 0 Å². The second kappa shape index (κ2) is 6.01. The molecule has 0 saturated heterocycles. The van der Waals surface area contributed by atoms with Gasteiger partial charge in [-0.3, -0.25) is 4.79 Å². The van der Waals surface area contributed by atoms with Crippen LogP contribution in [0.4, 0.5) is 0 Å². The minimum Gasteiger partial charge on any atom is -0.339 e. The van der Waals surface area contributed by atoms with Crippen molar-refractivity contribution in [3.05, 3.63) is 34.9 Å². The summed E-state index contributed by atoms with van der Waals surface area (Å²) in [5, 5.41) is 0. The molecule has 1 rings (SSSR count). The summed E-state index contributed by atoms with van der Waals surface area (Å²) in [7, 11) is 1.85. The third-order valence-electron chi connectivity index (χ3n) is 3.59. The Kier molecular flexibility index (Phi) is 4.91. The highest BCUT2D eigenvalue weighted by molar-refractivity contribution is 5.79. The van der Waals surface area contributed by atoms with Crippen molar-refractivity contribution in [2.45, 2.75) is 33.7 Å². The fourth-order valence-corrected chi connectivity index (χ4v) is 2.06. The van der Waals surface area contributed by atoms with Crippen LogP contribution in [0.1, 0.15) is 36.6 Å². The van der Waals surface area contributed by atoms with E-state index in [1.807, 2.05) is 14.0 Å². The molecule has 100 valence electrons. The average molecular weight is 248 g/mol. The zero-order chi connectivity index (χ0) is 13.9. The number of hydrogen-bond acceptors (Lipinski definition) is 2. The Morgan fingerprint density at radius 1 is 1.33 bits per heavy atom. The first kappa shape index (κ1) is 14.7. The van der Waals surface area contributed by atoms with Crippen molar-refractivity contribution in [2.75, 3.05) is 13.6 Å². The van der Waals surface area contributed by atoms with Crippen molar-refractivity contribution in [3.8, 4) is 0 Å². The molecule has 0 fully saturated rings. The van der Waals surface area contributed by atoms with Gasteiger partial charge in [-0.25, -0.2) is 0 Å². The highest BCUT2D eigenvalue weighted by Gasteiger charge is 2.22. The Morgan fingerprint density at radius 3 is 2.50 bits per heavy atom. The van der Waals surface area contributed by atoms with Gasteiger partial charge in [-0.2, -0.15) is 0 Å².